The first-order chi connectivity index (χ1) is 19.5. The molecule has 0 aliphatic rings. The minimum atomic E-state index is -4.42. The topological polar surface area (TPSA) is 9.23 Å². The number of hydrogen-bond acceptors (Lipinski definition) is 1. The fourth-order valence-corrected chi connectivity index (χ4v) is 4.12. The number of aryl methyl sites for hydroxylation is 1. The lowest BCUT2D eigenvalue weighted by atomic mass is 10.0. The molecule has 0 N–H and O–H groups in total. The number of alkyl halides is 2. The fraction of sp³-hybridized carbons (Fsp3) is 0.188. The van der Waals surface area contributed by atoms with E-state index in [9.17, 15) is 35.1 Å². The summed E-state index contributed by atoms with van der Waals surface area (Å²) in [7, 11) is 0. The van der Waals surface area contributed by atoms with E-state index < -0.39 is 52.3 Å². The molecule has 4 rings (SSSR count). The molecule has 0 saturated heterocycles. The van der Waals surface area contributed by atoms with Crippen molar-refractivity contribution in [2.24, 2.45) is 0 Å². The molecular weight excluding hydrogens is 552 g/mol. The van der Waals surface area contributed by atoms with Crippen LogP contribution in [0.2, 0.25) is 0 Å². The molecule has 1 nitrogen and oxygen atoms in total. The van der Waals surface area contributed by atoms with Gasteiger partial charge in [0.15, 0.2) is 17.5 Å². The van der Waals surface area contributed by atoms with Gasteiger partial charge in [0.05, 0.1) is 0 Å². The molecular formula is C32H22F8O. The summed E-state index contributed by atoms with van der Waals surface area (Å²) in [6.07, 6.45) is -1.72. The van der Waals surface area contributed by atoms with Crippen LogP contribution in [0.1, 0.15) is 48.4 Å². The Morgan fingerprint density at radius 1 is 0.659 bits per heavy atom. The van der Waals surface area contributed by atoms with Crippen LogP contribution in [0.5, 0.6) is 5.75 Å². The molecule has 4 aromatic carbocycles. The van der Waals surface area contributed by atoms with Crippen molar-refractivity contribution >= 4 is 0 Å². The number of rotatable bonds is 8. The van der Waals surface area contributed by atoms with Crippen LogP contribution in [-0.4, -0.2) is 0 Å². The van der Waals surface area contributed by atoms with Gasteiger partial charge in [-0.05, 0) is 72.5 Å². The Morgan fingerprint density at radius 3 is 1.85 bits per heavy atom. The molecule has 41 heavy (non-hydrogen) atoms. The van der Waals surface area contributed by atoms with Gasteiger partial charge in [-0.2, -0.15) is 8.78 Å². The van der Waals surface area contributed by atoms with Gasteiger partial charge in [-0.3, -0.25) is 0 Å². The van der Waals surface area contributed by atoms with Crippen molar-refractivity contribution < 1.29 is 39.9 Å². The van der Waals surface area contributed by atoms with E-state index in [-0.39, 0.29) is 16.7 Å². The van der Waals surface area contributed by atoms with Crippen LogP contribution >= 0.6 is 0 Å². The molecule has 0 saturated carbocycles. The Bertz CT molecular complexity index is 1570. The van der Waals surface area contributed by atoms with Gasteiger partial charge < -0.3 is 4.74 Å². The van der Waals surface area contributed by atoms with E-state index in [0.717, 1.165) is 49.2 Å². The van der Waals surface area contributed by atoms with Gasteiger partial charge in [0, 0.05) is 22.8 Å². The summed E-state index contributed by atoms with van der Waals surface area (Å²) < 4.78 is 118. The molecule has 4 aromatic rings. The Morgan fingerprint density at radius 2 is 1.27 bits per heavy atom. The zero-order valence-electron chi connectivity index (χ0n) is 21.6. The maximum absolute atomic E-state index is 14.8. The molecule has 0 amide bonds. The number of halogens is 8. The first kappa shape index (κ1) is 29.7. The summed E-state index contributed by atoms with van der Waals surface area (Å²) in [5, 5.41) is 0. The zero-order chi connectivity index (χ0) is 29.7. The minimum Gasteiger partial charge on any atom is -0.429 e. The largest absolute Gasteiger partial charge is 0.432 e. The Balaban J connectivity index is 1.50. The lowest BCUT2D eigenvalue weighted by Crippen LogP contribution is -2.25. The molecule has 0 aliphatic heterocycles. The van der Waals surface area contributed by atoms with Crippen LogP contribution < -0.4 is 4.74 Å². The van der Waals surface area contributed by atoms with Gasteiger partial charge >= 0.3 is 6.11 Å². The molecule has 0 bridgehead atoms. The monoisotopic (exact) mass is 574 g/mol. The predicted octanol–water partition coefficient (Wildman–Crippen LogP) is 9.45. The van der Waals surface area contributed by atoms with Crippen LogP contribution in [0.4, 0.5) is 35.1 Å². The summed E-state index contributed by atoms with van der Waals surface area (Å²) in [6.45, 7) is 1.96. The van der Waals surface area contributed by atoms with E-state index in [2.05, 4.69) is 16.6 Å². The molecule has 0 spiro atoms. The van der Waals surface area contributed by atoms with Gasteiger partial charge in [-0.25, -0.2) is 26.3 Å². The number of ether oxygens (including phenoxy) is 1. The fourth-order valence-electron chi connectivity index (χ4n) is 4.12. The summed E-state index contributed by atoms with van der Waals surface area (Å²) in [5.74, 6) is -3.74. The molecule has 0 heterocycles. The highest BCUT2D eigenvalue weighted by atomic mass is 19.3. The second-order valence-electron chi connectivity index (χ2n) is 9.23. The standard InChI is InChI=1S/C32H22F8O/c1-2-3-4-5-20-14-26(34)30(27(35)15-20)32(39,40)41-23-12-13-24(25(33)18-23)22-10-8-19(9-11-22)6-7-21-16-28(36)31(38)29(37)17-21/h8-18H,2-5H2,1H3. The van der Waals surface area contributed by atoms with Gasteiger partial charge in [0.1, 0.15) is 28.8 Å². The van der Waals surface area contributed by atoms with Crippen molar-refractivity contribution in [3.8, 4) is 28.7 Å². The van der Waals surface area contributed by atoms with E-state index in [1.54, 1.807) is 0 Å². The van der Waals surface area contributed by atoms with E-state index in [0.29, 0.717) is 30.0 Å². The number of unbranched alkanes of at least 4 members (excludes halogenated alkanes) is 2. The minimum absolute atomic E-state index is 0.0108. The predicted molar refractivity (Wildman–Crippen MR) is 138 cm³/mol. The average molecular weight is 575 g/mol. The molecule has 0 unspecified atom stereocenters. The molecule has 0 aromatic heterocycles. The highest BCUT2D eigenvalue weighted by molar-refractivity contribution is 5.66. The van der Waals surface area contributed by atoms with Gasteiger partial charge in [-0.1, -0.05) is 43.7 Å². The maximum Gasteiger partial charge on any atom is 0.432 e. The molecule has 0 fully saturated rings. The van der Waals surface area contributed by atoms with Crippen molar-refractivity contribution in [3.05, 3.63) is 124 Å². The Kier molecular flexibility index (Phi) is 9.01. The molecule has 9 heteroatoms. The third-order valence-electron chi connectivity index (χ3n) is 6.18. The highest BCUT2D eigenvalue weighted by Gasteiger charge is 2.41. The summed E-state index contributed by atoms with van der Waals surface area (Å²) in [6, 6.07) is 11.9. The van der Waals surface area contributed by atoms with Crippen molar-refractivity contribution in [3.63, 3.8) is 0 Å². The molecule has 0 aliphatic carbocycles. The second-order valence-corrected chi connectivity index (χ2v) is 9.23. The number of hydrogen-bond donors (Lipinski definition) is 0. The van der Waals surface area contributed by atoms with Crippen LogP contribution in [0.15, 0.2) is 66.7 Å². The maximum atomic E-state index is 14.8. The lowest BCUT2D eigenvalue weighted by molar-refractivity contribution is -0.189. The van der Waals surface area contributed by atoms with Crippen LogP contribution in [0, 0.1) is 46.7 Å². The van der Waals surface area contributed by atoms with Crippen molar-refractivity contribution in [1.29, 1.82) is 0 Å². The Labute approximate surface area is 231 Å². The van der Waals surface area contributed by atoms with Gasteiger partial charge in [-0.15, -0.1) is 0 Å². The van der Waals surface area contributed by atoms with Crippen LogP contribution in [-0.2, 0) is 12.5 Å². The SMILES string of the molecule is CCCCCc1cc(F)c(C(F)(F)Oc2ccc(-c3ccc(C#Cc4cc(F)c(F)c(F)c4)cc3)c(F)c2)c(F)c1. The average Bonchev–Trinajstić information content (AvgIpc) is 2.90. The summed E-state index contributed by atoms with van der Waals surface area (Å²) in [4.78, 5) is 0. The van der Waals surface area contributed by atoms with E-state index in [4.69, 9.17) is 0 Å². The smallest absolute Gasteiger partial charge is 0.429 e. The molecule has 0 atom stereocenters. The lowest BCUT2D eigenvalue weighted by Gasteiger charge is -2.20. The van der Waals surface area contributed by atoms with Crippen molar-refractivity contribution in [2.45, 2.75) is 38.7 Å². The van der Waals surface area contributed by atoms with E-state index in [1.807, 2.05) is 6.92 Å². The van der Waals surface area contributed by atoms with E-state index >= 15 is 0 Å². The first-order valence-electron chi connectivity index (χ1n) is 12.6. The highest BCUT2D eigenvalue weighted by Crippen LogP contribution is 2.37. The third-order valence-corrected chi connectivity index (χ3v) is 6.18. The normalized spacial score (nSPS) is 11.2. The van der Waals surface area contributed by atoms with E-state index in [1.165, 1.54) is 24.3 Å². The molecule has 212 valence electrons. The van der Waals surface area contributed by atoms with Crippen LogP contribution in [0.25, 0.3) is 11.1 Å². The van der Waals surface area contributed by atoms with Crippen LogP contribution in [0.3, 0.4) is 0 Å². The van der Waals surface area contributed by atoms with Gasteiger partial charge in [0.25, 0.3) is 0 Å². The Hall–Kier alpha value is -4.32. The summed E-state index contributed by atoms with van der Waals surface area (Å²) in [5.41, 5.74) is -0.675. The summed E-state index contributed by atoms with van der Waals surface area (Å²) >= 11 is 0. The number of benzene rings is 4. The van der Waals surface area contributed by atoms with Crippen molar-refractivity contribution in [2.75, 3.05) is 0 Å². The second kappa shape index (κ2) is 12.5. The van der Waals surface area contributed by atoms with Gasteiger partial charge in [0.2, 0.25) is 0 Å². The first-order valence-corrected chi connectivity index (χ1v) is 12.6. The zero-order valence-corrected chi connectivity index (χ0v) is 21.6. The molecule has 0 radical (unpaired) electrons. The quantitative estimate of drug-likeness (QED) is 0.0882. The van der Waals surface area contributed by atoms with Crippen molar-refractivity contribution in [1.82, 2.24) is 0 Å². The third kappa shape index (κ3) is 7.07.